The van der Waals surface area contributed by atoms with Crippen LogP contribution in [0.15, 0.2) is 34.2 Å². The molecule has 0 fully saturated rings. The van der Waals surface area contributed by atoms with Crippen molar-refractivity contribution in [3.05, 3.63) is 50.4 Å². The molecule has 2 aromatic heterocycles. The predicted molar refractivity (Wildman–Crippen MR) is 80.9 cm³/mol. The van der Waals surface area contributed by atoms with Crippen LogP contribution in [0.25, 0.3) is 0 Å². The van der Waals surface area contributed by atoms with Gasteiger partial charge in [0, 0.05) is 28.1 Å². The lowest BCUT2D eigenvalue weighted by molar-refractivity contribution is 0.571. The molecule has 2 nitrogen and oxygen atoms in total. The summed E-state index contributed by atoms with van der Waals surface area (Å²) in [5, 5.41) is 5.64. The summed E-state index contributed by atoms with van der Waals surface area (Å²) in [5.74, 6) is 0. The first-order chi connectivity index (χ1) is 8.72. The van der Waals surface area contributed by atoms with Crippen molar-refractivity contribution in [3.63, 3.8) is 0 Å². The van der Waals surface area contributed by atoms with Crippen LogP contribution in [-0.2, 0) is 13.0 Å². The normalized spacial score (nSPS) is 12.6. The van der Waals surface area contributed by atoms with E-state index in [1.807, 2.05) is 12.3 Å². The zero-order chi connectivity index (χ0) is 13.0. The molecule has 18 heavy (non-hydrogen) atoms. The highest BCUT2D eigenvalue weighted by molar-refractivity contribution is 9.10. The van der Waals surface area contributed by atoms with Crippen molar-refractivity contribution in [2.45, 2.75) is 32.9 Å². The monoisotopic (exact) mass is 324 g/mol. The van der Waals surface area contributed by atoms with Crippen molar-refractivity contribution in [2.24, 2.45) is 0 Å². The summed E-state index contributed by atoms with van der Waals surface area (Å²) >= 11 is 5.35. The van der Waals surface area contributed by atoms with Gasteiger partial charge in [-0.05, 0) is 52.4 Å². The molecular weight excluding hydrogens is 308 g/mol. The van der Waals surface area contributed by atoms with Crippen LogP contribution in [0.3, 0.4) is 0 Å². The van der Waals surface area contributed by atoms with Crippen molar-refractivity contribution in [3.8, 4) is 0 Å². The highest BCUT2D eigenvalue weighted by atomic mass is 79.9. The summed E-state index contributed by atoms with van der Waals surface area (Å²) in [7, 11) is 0. The van der Waals surface area contributed by atoms with E-state index in [1.165, 1.54) is 14.9 Å². The zero-order valence-electron chi connectivity index (χ0n) is 10.6. The van der Waals surface area contributed by atoms with Crippen molar-refractivity contribution >= 4 is 27.3 Å². The molecule has 96 valence electrons. The van der Waals surface area contributed by atoms with Crippen LogP contribution in [0.5, 0.6) is 0 Å². The Hall–Kier alpha value is -0.710. The molecular formula is C14H17BrN2S. The highest BCUT2D eigenvalue weighted by Crippen LogP contribution is 2.28. The molecule has 0 aliphatic carbocycles. The van der Waals surface area contributed by atoms with Gasteiger partial charge in [0.25, 0.3) is 0 Å². The van der Waals surface area contributed by atoms with Gasteiger partial charge in [0.1, 0.15) is 0 Å². The molecule has 1 atom stereocenters. The standard InChI is InChI=1S/C14H17BrN2S/c1-3-11-5-4-7-16-13(11)9-17-10(2)14-12(15)6-8-18-14/h4-8,10,17H,3,9H2,1-2H3. The first-order valence-electron chi connectivity index (χ1n) is 6.11. The minimum atomic E-state index is 0.339. The maximum absolute atomic E-state index is 4.45. The van der Waals surface area contributed by atoms with Crippen LogP contribution < -0.4 is 5.32 Å². The highest BCUT2D eigenvalue weighted by Gasteiger charge is 2.11. The second kappa shape index (κ2) is 6.45. The first-order valence-corrected chi connectivity index (χ1v) is 7.78. The summed E-state index contributed by atoms with van der Waals surface area (Å²) in [6.07, 6.45) is 2.89. The van der Waals surface area contributed by atoms with Gasteiger partial charge in [-0.3, -0.25) is 4.98 Å². The number of hydrogen-bond acceptors (Lipinski definition) is 3. The maximum atomic E-state index is 4.45. The van der Waals surface area contributed by atoms with E-state index >= 15 is 0 Å². The molecule has 0 aromatic carbocycles. The molecule has 1 unspecified atom stereocenters. The Morgan fingerprint density at radius 2 is 2.28 bits per heavy atom. The molecule has 0 aliphatic heterocycles. The van der Waals surface area contributed by atoms with Crippen LogP contribution in [-0.4, -0.2) is 4.98 Å². The minimum absolute atomic E-state index is 0.339. The second-order valence-corrected chi connectivity index (χ2v) is 6.00. The lowest BCUT2D eigenvalue weighted by Gasteiger charge is -2.14. The van der Waals surface area contributed by atoms with E-state index < -0.39 is 0 Å². The van der Waals surface area contributed by atoms with Gasteiger partial charge in [-0.15, -0.1) is 11.3 Å². The minimum Gasteiger partial charge on any atom is -0.304 e. The number of halogens is 1. The van der Waals surface area contributed by atoms with E-state index in [0.717, 1.165) is 18.7 Å². The number of thiophene rings is 1. The van der Waals surface area contributed by atoms with Gasteiger partial charge in [-0.2, -0.15) is 0 Å². The molecule has 2 aromatic rings. The third kappa shape index (κ3) is 3.19. The van der Waals surface area contributed by atoms with Gasteiger partial charge in [-0.25, -0.2) is 0 Å². The molecule has 0 saturated heterocycles. The Morgan fingerprint density at radius 1 is 1.44 bits per heavy atom. The third-order valence-corrected chi connectivity index (χ3v) is 5.03. The zero-order valence-corrected chi connectivity index (χ0v) is 13.0. The Kier molecular flexibility index (Phi) is 4.92. The van der Waals surface area contributed by atoms with E-state index in [-0.39, 0.29) is 0 Å². The van der Waals surface area contributed by atoms with Crippen LogP contribution in [0.4, 0.5) is 0 Å². The molecule has 0 radical (unpaired) electrons. The van der Waals surface area contributed by atoms with Crippen molar-refractivity contribution in [2.75, 3.05) is 0 Å². The lowest BCUT2D eigenvalue weighted by Crippen LogP contribution is -2.19. The van der Waals surface area contributed by atoms with Crippen LogP contribution in [0.1, 0.15) is 36.0 Å². The van der Waals surface area contributed by atoms with Gasteiger partial charge in [0.15, 0.2) is 0 Å². The van der Waals surface area contributed by atoms with Gasteiger partial charge in [-0.1, -0.05) is 13.0 Å². The van der Waals surface area contributed by atoms with E-state index in [1.54, 1.807) is 11.3 Å². The summed E-state index contributed by atoms with van der Waals surface area (Å²) in [6, 6.07) is 6.58. The number of aromatic nitrogens is 1. The third-order valence-electron chi connectivity index (χ3n) is 2.98. The molecule has 0 saturated carbocycles. The molecule has 1 N–H and O–H groups in total. The molecule has 0 spiro atoms. The van der Waals surface area contributed by atoms with Crippen LogP contribution in [0, 0.1) is 0 Å². The average molecular weight is 325 g/mol. The Bertz CT molecular complexity index is 510. The molecule has 4 heteroatoms. The Labute approximate surface area is 121 Å². The topological polar surface area (TPSA) is 24.9 Å². The van der Waals surface area contributed by atoms with Gasteiger partial charge in [0.05, 0.1) is 5.69 Å². The Balaban J connectivity index is 2.01. The van der Waals surface area contributed by atoms with Gasteiger partial charge in [0.2, 0.25) is 0 Å². The number of hydrogen-bond donors (Lipinski definition) is 1. The quantitative estimate of drug-likeness (QED) is 0.886. The SMILES string of the molecule is CCc1cccnc1CNC(C)c1sccc1Br. The number of rotatable bonds is 5. The number of aryl methyl sites for hydroxylation is 1. The van der Waals surface area contributed by atoms with Crippen molar-refractivity contribution in [1.82, 2.24) is 10.3 Å². The fourth-order valence-electron chi connectivity index (χ4n) is 1.91. The smallest absolute Gasteiger partial charge is 0.0573 e. The number of pyridine rings is 1. The van der Waals surface area contributed by atoms with E-state index in [0.29, 0.717) is 6.04 Å². The van der Waals surface area contributed by atoms with E-state index in [4.69, 9.17) is 0 Å². The Morgan fingerprint density at radius 3 is 2.94 bits per heavy atom. The van der Waals surface area contributed by atoms with Crippen LogP contribution in [0.2, 0.25) is 0 Å². The number of nitrogens with zero attached hydrogens (tertiary/aromatic N) is 1. The molecule has 0 aliphatic rings. The van der Waals surface area contributed by atoms with Crippen molar-refractivity contribution in [1.29, 1.82) is 0 Å². The maximum Gasteiger partial charge on any atom is 0.0573 e. The predicted octanol–water partition coefficient (Wildman–Crippen LogP) is 4.32. The second-order valence-electron chi connectivity index (χ2n) is 4.20. The summed E-state index contributed by atoms with van der Waals surface area (Å²) in [5.41, 5.74) is 2.47. The lowest BCUT2D eigenvalue weighted by atomic mass is 10.1. The van der Waals surface area contributed by atoms with Gasteiger partial charge < -0.3 is 5.32 Å². The fraction of sp³-hybridized carbons (Fsp3) is 0.357. The van der Waals surface area contributed by atoms with Gasteiger partial charge >= 0.3 is 0 Å². The number of nitrogens with one attached hydrogen (secondary N) is 1. The molecule has 0 amide bonds. The van der Waals surface area contributed by atoms with Crippen molar-refractivity contribution < 1.29 is 0 Å². The van der Waals surface area contributed by atoms with E-state index in [2.05, 4.69) is 57.6 Å². The summed E-state index contributed by atoms with van der Waals surface area (Å²) < 4.78 is 1.18. The first kappa shape index (κ1) is 13.7. The molecule has 0 bridgehead atoms. The fourth-order valence-corrected chi connectivity index (χ4v) is 3.66. The molecule has 2 rings (SSSR count). The summed E-state index contributed by atoms with van der Waals surface area (Å²) in [6.45, 7) is 5.17. The summed E-state index contributed by atoms with van der Waals surface area (Å²) in [4.78, 5) is 5.79. The van der Waals surface area contributed by atoms with Crippen LogP contribution >= 0.6 is 27.3 Å². The average Bonchev–Trinajstić information content (AvgIpc) is 2.82. The molecule has 2 heterocycles. The van der Waals surface area contributed by atoms with E-state index in [9.17, 15) is 0 Å². The largest absolute Gasteiger partial charge is 0.304 e.